The second-order valence-corrected chi connectivity index (χ2v) is 8.17. The number of carbonyl (C=O) groups excluding carboxylic acids is 1. The maximum atomic E-state index is 12.9. The summed E-state index contributed by atoms with van der Waals surface area (Å²) < 4.78 is 4.79. The molecule has 0 atom stereocenters. The molecule has 2 N–H and O–H groups in total. The molecule has 0 spiro atoms. The zero-order valence-electron chi connectivity index (χ0n) is 19.3. The predicted molar refractivity (Wildman–Crippen MR) is 133 cm³/mol. The molecule has 5 rings (SSSR count). The highest BCUT2D eigenvalue weighted by atomic mass is 16.5. The van der Waals surface area contributed by atoms with E-state index in [-0.39, 0.29) is 5.56 Å². The molecular weight excluding hydrogens is 446 g/mol. The van der Waals surface area contributed by atoms with Gasteiger partial charge in [0, 0.05) is 37.4 Å². The van der Waals surface area contributed by atoms with E-state index in [1.165, 1.54) is 13.3 Å². The van der Waals surface area contributed by atoms with E-state index < -0.39 is 5.97 Å². The van der Waals surface area contributed by atoms with Crippen molar-refractivity contribution in [1.82, 2.24) is 30.4 Å². The average molecular weight is 472 g/mol. The van der Waals surface area contributed by atoms with Crippen molar-refractivity contribution >= 4 is 28.4 Å². The second kappa shape index (κ2) is 10.00. The van der Waals surface area contributed by atoms with Gasteiger partial charge in [0.1, 0.15) is 10.9 Å². The van der Waals surface area contributed by atoms with E-state index in [2.05, 4.69) is 25.4 Å². The van der Waals surface area contributed by atoms with Crippen LogP contribution in [-0.2, 0) is 4.74 Å². The number of aromatic amines is 1. The zero-order valence-corrected chi connectivity index (χ0v) is 19.3. The standard InChI is InChI=1S/C25H25N7O3/c1-35-25(34)18-9-7-17(8-10-18)22-28-20-15-27-30-24(33)21(20)23(29-22)32(19-5-3-2-4-6-19)16-31-13-11-26-12-14-31/h2-10,15,26H,11-14,16H2,1H3,(H,30,33). The smallest absolute Gasteiger partial charge is 0.337 e. The van der Waals surface area contributed by atoms with Gasteiger partial charge in [-0.1, -0.05) is 30.3 Å². The minimum Gasteiger partial charge on any atom is -0.465 e. The van der Waals surface area contributed by atoms with E-state index >= 15 is 0 Å². The van der Waals surface area contributed by atoms with Gasteiger partial charge in [0.2, 0.25) is 0 Å². The highest BCUT2D eigenvalue weighted by molar-refractivity contribution is 5.92. The van der Waals surface area contributed by atoms with E-state index in [0.717, 1.165) is 31.9 Å². The molecule has 1 saturated heterocycles. The Labute approximate surface area is 201 Å². The van der Waals surface area contributed by atoms with Crippen LogP contribution in [0.3, 0.4) is 0 Å². The third kappa shape index (κ3) is 4.75. The molecule has 3 heterocycles. The Hall–Kier alpha value is -4.15. The number of aromatic nitrogens is 4. The molecule has 0 unspecified atom stereocenters. The summed E-state index contributed by atoms with van der Waals surface area (Å²) in [6.45, 7) is 4.11. The van der Waals surface area contributed by atoms with Crippen LogP contribution in [0.2, 0.25) is 0 Å². The first-order valence-corrected chi connectivity index (χ1v) is 11.3. The molecule has 0 bridgehead atoms. The Morgan fingerprint density at radius 2 is 1.80 bits per heavy atom. The monoisotopic (exact) mass is 471 g/mol. The number of benzene rings is 2. The fourth-order valence-electron chi connectivity index (χ4n) is 4.11. The molecule has 0 amide bonds. The average Bonchev–Trinajstić information content (AvgIpc) is 2.92. The van der Waals surface area contributed by atoms with Gasteiger partial charge in [0.25, 0.3) is 5.56 Å². The number of ether oxygens (including phenoxy) is 1. The lowest BCUT2D eigenvalue weighted by molar-refractivity contribution is 0.0600. The molecule has 178 valence electrons. The van der Waals surface area contributed by atoms with E-state index in [1.807, 2.05) is 35.2 Å². The van der Waals surface area contributed by atoms with Crippen LogP contribution in [0.5, 0.6) is 0 Å². The van der Waals surface area contributed by atoms with Crippen LogP contribution < -0.4 is 15.8 Å². The highest BCUT2D eigenvalue weighted by Gasteiger charge is 2.23. The van der Waals surface area contributed by atoms with Gasteiger partial charge in [-0.3, -0.25) is 9.69 Å². The highest BCUT2D eigenvalue weighted by Crippen LogP contribution is 2.30. The van der Waals surface area contributed by atoms with Crippen LogP contribution in [0.1, 0.15) is 10.4 Å². The molecule has 2 aromatic carbocycles. The number of piperazine rings is 1. The Bertz CT molecular complexity index is 1380. The van der Waals surface area contributed by atoms with Crippen molar-refractivity contribution < 1.29 is 9.53 Å². The van der Waals surface area contributed by atoms with Gasteiger partial charge in [0.15, 0.2) is 11.6 Å². The Kier molecular flexibility index (Phi) is 6.47. The molecule has 0 saturated carbocycles. The van der Waals surface area contributed by atoms with Crippen LogP contribution >= 0.6 is 0 Å². The fraction of sp³-hybridized carbons (Fsp3) is 0.240. The Morgan fingerprint density at radius 3 is 2.51 bits per heavy atom. The maximum absolute atomic E-state index is 12.9. The summed E-state index contributed by atoms with van der Waals surface area (Å²) >= 11 is 0. The number of esters is 1. The molecule has 10 heteroatoms. The number of rotatable bonds is 6. The summed E-state index contributed by atoms with van der Waals surface area (Å²) in [7, 11) is 1.34. The van der Waals surface area contributed by atoms with E-state index in [1.54, 1.807) is 24.3 Å². The quantitative estimate of drug-likeness (QED) is 0.408. The number of nitrogens with zero attached hydrogens (tertiary/aromatic N) is 5. The lowest BCUT2D eigenvalue weighted by Gasteiger charge is -2.34. The molecule has 1 aliphatic heterocycles. The van der Waals surface area contributed by atoms with Crippen molar-refractivity contribution in [2.75, 3.05) is 44.9 Å². The number of para-hydroxylation sites is 1. The molecule has 1 fully saturated rings. The largest absolute Gasteiger partial charge is 0.465 e. The normalized spacial score (nSPS) is 14.1. The summed E-state index contributed by atoms with van der Waals surface area (Å²) in [6, 6.07) is 16.7. The van der Waals surface area contributed by atoms with Gasteiger partial charge < -0.3 is 15.0 Å². The molecule has 0 radical (unpaired) electrons. The number of carbonyl (C=O) groups is 1. The minimum atomic E-state index is -0.418. The second-order valence-electron chi connectivity index (χ2n) is 8.17. The SMILES string of the molecule is COC(=O)c1ccc(-c2nc(N(CN3CCNCC3)c3ccccc3)c3c(=O)[nH]ncc3n2)cc1. The maximum Gasteiger partial charge on any atom is 0.337 e. The van der Waals surface area contributed by atoms with Gasteiger partial charge in [-0.2, -0.15) is 5.10 Å². The van der Waals surface area contributed by atoms with Gasteiger partial charge in [-0.05, 0) is 24.3 Å². The Balaban J connectivity index is 1.66. The number of hydrogen-bond acceptors (Lipinski definition) is 9. The summed E-state index contributed by atoms with van der Waals surface area (Å²) in [6.07, 6.45) is 1.53. The van der Waals surface area contributed by atoms with Crippen molar-refractivity contribution in [2.24, 2.45) is 0 Å². The molecular formula is C25H25N7O3. The fourth-order valence-corrected chi connectivity index (χ4v) is 4.11. The number of H-pyrrole nitrogens is 1. The van der Waals surface area contributed by atoms with Crippen LogP contribution in [-0.4, -0.2) is 71.0 Å². The topological polar surface area (TPSA) is 116 Å². The predicted octanol–water partition coefficient (Wildman–Crippen LogP) is 2.17. The number of anilines is 2. The molecule has 35 heavy (non-hydrogen) atoms. The molecule has 10 nitrogen and oxygen atoms in total. The number of hydrogen-bond donors (Lipinski definition) is 2. The van der Waals surface area contributed by atoms with Crippen molar-refractivity contribution in [3.05, 3.63) is 76.7 Å². The van der Waals surface area contributed by atoms with Crippen LogP contribution in [0.4, 0.5) is 11.5 Å². The molecule has 4 aromatic rings. The van der Waals surface area contributed by atoms with Crippen LogP contribution in [0.25, 0.3) is 22.3 Å². The Morgan fingerprint density at radius 1 is 1.06 bits per heavy atom. The lowest BCUT2D eigenvalue weighted by Crippen LogP contribution is -2.47. The van der Waals surface area contributed by atoms with Gasteiger partial charge in [0.05, 0.1) is 25.5 Å². The van der Waals surface area contributed by atoms with E-state index in [0.29, 0.717) is 40.3 Å². The number of fused-ring (bicyclic) bond motifs is 1. The van der Waals surface area contributed by atoms with Crippen LogP contribution in [0, 0.1) is 0 Å². The third-order valence-corrected chi connectivity index (χ3v) is 5.94. The lowest BCUT2D eigenvalue weighted by atomic mass is 10.1. The summed E-state index contributed by atoms with van der Waals surface area (Å²) in [5.41, 5.74) is 2.13. The van der Waals surface area contributed by atoms with Crippen LogP contribution in [0.15, 0.2) is 65.6 Å². The first-order valence-electron chi connectivity index (χ1n) is 11.3. The van der Waals surface area contributed by atoms with Gasteiger partial charge in [-0.15, -0.1) is 0 Å². The molecule has 1 aliphatic rings. The first-order chi connectivity index (χ1) is 17.1. The van der Waals surface area contributed by atoms with Crippen molar-refractivity contribution in [1.29, 1.82) is 0 Å². The van der Waals surface area contributed by atoms with Gasteiger partial charge >= 0.3 is 5.97 Å². The first kappa shape index (κ1) is 22.6. The van der Waals surface area contributed by atoms with E-state index in [9.17, 15) is 9.59 Å². The van der Waals surface area contributed by atoms with Crippen molar-refractivity contribution in [2.45, 2.75) is 0 Å². The van der Waals surface area contributed by atoms with Gasteiger partial charge in [-0.25, -0.2) is 19.9 Å². The third-order valence-electron chi connectivity index (χ3n) is 5.94. The van der Waals surface area contributed by atoms with E-state index in [4.69, 9.17) is 9.72 Å². The number of nitrogens with one attached hydrogen (secondary N) is 2. The minimum absolute atomic E-state index is 0.355. The summed E-state index contributed by atoms with van der Waals surface area (Å²) in [4.78, 5) is 38.6. The summed E-state index contributed by atoms with van der Waals surface area (Å²) in [5.74, 6) is 0.506. The molecule has 2 aromatic heterocycles. The van der Waals surface area contributed by atoms with Crippen molar-refractivity contribution in [3.63, 3.8) is 0 Å². The number of methoxy groups -OCH3 is 1. The van der Waals surface area contributed by atoms with Crippen molar-refractivity contribution in [3.8, 4) is 11.4 Å². The molecule has 0 aliphatic carbocycles. The zero-order chi connectivity index (χ0) is 24.2. The summed E-state index contributed by atoms with van der Waals surface area (Å²) in [5, 5.41) is 10.2.